The molecule has 1 aromatic heterocycles. The van der Waals surface area contributed by atoms with Gasteiger partial charge < -0.3 is 0 Å². The molecule has 0 amide bonds. The zero-order chi connectivity index (χ0) is 9.97. The molecule has 0 atom stereocenters. The minimum Gasteiger partial charge on any atom is -0.242 e. The lowest BCUT2D eigenvalue weighted by Gasteiger charge is -1.96. The molecule has 0 spiro atoms. The number of hydrogen-bond donors (Lipinski definition) is 1. The molecule has 2 aromatic rings. The van der Waals surface area contributed by atoms with Crippen LogP contribution in [-0.2, 0) is 9.37 Å². The molecule has 6 heteroatoms. The van der Waals surface area contributed by atoms with Crippen molar-refractivity contribution < 1.29 is 14.6 Å². The van der Waals surface area contributed by atoms with Gasteiger partial charge in [0.2, 0.25) is 0 Å². The van der Waals surface area contributed by atoms with Gasteiger partial charge in [0.15, 0.2) is 0 Å². The van der Waals surface area contributed by atoms with E-state index in [0.29, 0.717) is 0 Å². The van der Waals surface area contributed by atoms with E-state index < -0.39 is 0 Å². The fraction of sp³-hybridized carbons (Fsp3) is 0.125. The molecule has 0 bridgehead atoms. The van der Waals surface area contributed by atoms with Crippen molar-refractivity contribution in [2.24, 2.45) is 0 Å². The summed E-state index contributed by atoms with van der Waals surface area (Å²) in [5.74, 6) is 0. The van der Waals surface area contributed by atoms with E-state index in [4.69, 9.17) is 5.26 Å². The lowest BCUT2D eigenvalue weighted by Crippen LogP contribution is -1.78. The monoisotopic (exact) mass is 229 g/mol. The van der Waals surface area contributed by atoms with Crippen LogP contribution in [0.5, 0.6) is 0 Å². The van der Waals surface area contributed by atoms with Crippen molar-refractivity contribution in [3.8, 4) is 0 Å². The third kappa shape index (κ3) is 2.05. The minimum atomic E-state index is 0.857. The summed E-state index contributed by atoms with van der Waals surface area (Å²) in [7, 11) is 0. The lowest BCUT2D eigenvalue weighted by atomic mass is 10.3. The average Bonchev–Trinajstić information content (AvgIpc) is 2.54. The largest absolute Gasteiger partial charge is 0.242 e. The summed E-state index contributed by atoms with van der Waals surface area (Å²) in [6.07, 6.45) is 0. The first-order valence-electron chi connectivity index (χ1n) is 3.81. The molecule has 4 nitrogen and oxygen atoms in total. The summed E-state index contributed by atoms with van der Waals surface area (Å²) < 4.78 is 5.42. The van der Waals surface area contributed by atoms with E-state index in [2.05, 4.69) is 14.4 Å². The third-order valence-corrected chi connectivity index (χ3v) is 3.14. The van der Waals surface area contributed by atoms with E-state index in [1.807, 2.05) is 25.1 Å². The highest BCUT2D eigenvalue weighted by Crippen LogP contribution is 2.27. The molecule has 0 radical (unpaired) electrons. The zero-order valence-corrected chi connectivity index (χ0v) is 8.89. The fourth-order valence-electron chi connectivity index (χ4n) is 1.13. The SMILES string of the molecule is Cc1nc2ccc(SOOO)cc2s1. The number of nitrogens with zero attached hydrogens (tertiary/aromatic N) is 1. The summed E-state index contributed by atoms with van der Waals surface area (Å²) in [5.41, 5.74) is 0.974. The molecule has 0 aliphatic heterocycles. The first kappa shape index (κ1) is 9.88. The van der Waals surface area contributed by atoms with Gasteiger partial charge in [0, 0.05) is 4.90 Å². The molecule has 0 aliphatic carbocycles. The Hall–Kier alpha value is -0.660. The molecule has 0 aliphatic rings. The second-order valence-electron chi connectivity index (χ2n) is 2.59. The van der Waals surface area contributed by atoms with Gasteiger partial charge in [-0.05, 0) is 25.1 Å². The maximum atomic E-state index is 7.99. The van der Waals surface area contributed by atoms with Crippen LogP contribution < -0.4 is 0 Å². The van der Waals surface area contributed by atoms with Crippen molar-refractivity contribution in [1.82, 2.24) is 4.98 Å². The molecule has 1 heterocycles. The van der Waals surface area contributed by atoms with E-state index in [0.717, 1.165) is 32.2 Å². The van der Waals surface area contributed by atoms with E-state index in [-0.39, 0.29) is 0 Å². The Labute approximate surface area is 88.6 Å². The van der Waals surface area contributed by atoms with Gasteiger partial charge in [0.05, 0.1) is 27.3 Å². The molecular weight excluding hydrogens is 222 g/mol. The summed E-state index contributed by atoms with van der Waals surface area (Å²) in [4.78, 5) is 5.18. The fourth-order valence-corrected chi connectivity index (χ4v) is 2.47. The Morgan fingerprint density at radius 1 is 1.50 bits per heavy atom. The highest BCUT2D eigenvalue weighted by molar-refractivity contribution is 7.94. The van der Waals surface area contributed by atoms with Crippen LogP contribution in [0, 0.1) is 6.92 Å². The van der Waals surface area contributed by atoms with Crippen molar-refractivity contribution in [1.29, 1.82) is 0 Å². The van der Waals surface area contributed by atoms with Crippen LogP contribution >= 0.6 is 23.4 Å². The first-order chi connectivity index (χ1) is 6.79. The Bertz CT molecular complexity index is 443. The molecular formula is C8H7NO3S2. The Morgan fingerprint density at radius 2 is 2.36 bits per heavy atom. The standard InChI is InChI=1S/C8H7NO3S2/c1-5-9-7-3-2-6(14-12-11-10)4-8(7)13-5/h2-4,10H,1H3. The van der Waals surface area contributed by atoms with Crippen LogP contribution in [-0.4, -0.2) is 10.2 Å². The summed E-state index contributed by atoms with van der Waals surface area (Å²) >= 11 is 2.57. The molecule has 14 heavy (non-hydrogen) atoms. The van der Waals surface area contributed by atoms with Gasteiger partial charge in [-0.15, -0.1) is 15.7 Å². The number of hydrogen-bond acceptors (Lipinski definition) is 6. The van der Waals surface area contributed by atoms with Gasteiger partial charge in [0.1, 0.15) is 0 Å². The van der Waals surface area contributed by atoms with Gasteiger partial charge in [-0.1, -0.05) is 5.04 Å². The number of aromatic nitrogens is 1. The molecule has 1 aromatic carbocycles. The summed E-state index contributed by atoms with van der Waals surface area (Å²) in [6.45, 7) is 1.96. The maximum Gasteiger partial charge on any atom is 0.0907 e. The van der Waals surface area contributed by atoms with Crippen molar-refractivity contribution in [3.63, 3.8) is 0 Å². The maximum absolute atomic E-state index is 7.99. The number of benzene rings is 1. The Kier molecular flexibility index (Phi) is 2.99. The van der Waals surface area contributed by atoms with Crippen molar-refractivity contribution in [3.05, 3.63) is 23.2 Å². The van der Waals surface area contributed by atoms with Gasteiger partial charge in [-0.3, -0.25) is 0 Å². The summed E-state index contributed by atoms with van der Waals surface area (Å²) in [5, 5.41) is 12.5. The number of aryl methyl sites for hydroxylation is 1. The van der Waals surface area contributed by atoms with Gasteiger partial charge in [-0.25, -0.2) is 10.2 Å². The van der Waals surface area contributed by atoms with Crippen LogP contribution in [0.1, 0.15) is 5.01 Å². The topological polar surface area (TPSA) is 51.6 Å². The lowest BCUT2D eigenvalue weighted by molar-refractivity contribution is -0.432. The van der Waals surface area contributed by atoms with Crippen molar-refractivity contribution in [2.75, 3.05) is 0 Å². The third-order valence-electron chi connectivity index (χ3n) is 1.63. The predicted octanol–water partition coefficient (Wildman–Crippen LogP) is 3.03. The molecule has 0 unspecified atom stereocenters. The van der Waals surface area contributed by atoms with Crippen molar-refractivity contribution in [2.45, 2.75) is 11.8 Å². The quantitative estimate of drug-likeness (QED) is 0.498. The molecule has 0 fully saturated rings. The van der Waals surface area contributed by atoms with E-state index in [1.165, 1.54) is 0 Å². The van der Waals surface area contributed by atoms with E-state index in [9.17, 15) is 0 Å². The smallest absolute Gasteiger partial charge is 0.0907 e. The van der Waals surface area contributed by atoms with Crippen molar-refractivity contribution >= 4 is 33.6 Å². The second kappa shape index (κ2) is 4.24. The Balaban J connectivity index is 2.31. The number of thiazole rings is 1. The number of fused-ring (bicyclic) bond motifs is 1. The van der Waals surface area contributed by atoms with Crippen LogP contribution in [0.3, 0.4) is 0 Å². The van der Waals surface area contributed by atoms with Gasteiger partial charge in [0.25, 0.3) is 0 Å². The molecule has 0 saturated carbocycles. The number of rotatable bonds is 3. The predicted molar refractivity (Wildman–Crippen MR) is 55.0 cm³/mol. The van der Waals surface area contributed by atoms with Crippen LogP contribution in [0.4, 0.5) is 0 Å². The van der Waals surface area contributed by atoms with E-state index >= 15 is 0 Å². The molecule has 0 saturated heterocycles. The zero-order valence-electron chi connectivity index (χ0n) is 7.26. The van der Waals surface area contributed by atoms with Crippen LogP contribution in [0.2, 0.25) is 0 Å². The second-order valence-corrected chi connectivity index (χ2v) is 4.60. The average molecular weight is 229 g/mol. The minimum absolute atomic E-state index is 0.857. The normalized spacial score (nSPS) is 11.0. The van der Waals surface area contributed by atoms with E-state index in [1.54, 1.807) is 11.3 Å². The van der Waals surface area contributed by atoms with Gasteiger partial charge in [-0.2, -0.15) is 0 Å². The summed E-state index contributed by atoms with van der Waals surface area (Å²) in [6, 6.07) is 5.69. The molecule has 74 valence electrons. The highest BCUT2D eigenvalue weighted by Gasteiger charge is 2.02. The first-order valence-corrected chi connectivity index (χ1v) is 5.37. The Morgan fingerprint density at radius 3 is 3.14 bits per heavy atom. The van der Waals surface area contributed by atoms with Crippen LogP contribution in [0.15, 0.2) is 23.1 Å². The molecule has 1 N–H and O–H groups in total. The van der Waals surface area contributed by atoms with Gasteiger partial charge >= 0.3 is 0 Å². The highest BCUT2D eigenvalue weighted by atomic mass is 32.2. The molecule has 2 rings (SSSR count). The van der Waals surface area contributed by atoms with Crippen LogP contribution in [0.25, 0.3) is 10.2 Å².